The van der Waals surface area contributed by atoms with E-state index in [1.165, 1.54) is 33.5 Å². The van der Waals surface area contributed by atoms with E-state index in [9.17, 15) is 14.4 Å². The largest absolute Gasteiger partial charge is 0.453 e. The van der Waals surface area contributed by atoms with Gasteiger partial charge in [-0.3, -0.25) is 16.0 Å². The molecule has 0 heterocycles. The average molecular weight is 311 g/mol. The fraction of sp³-hybridized carbons (Fsp3) is 0.308. The zero-order valence-electron chi connectivity index (χ0n) is 12.6. The second-order valence-corrected chi connectivity index (χ2v) is 4.05. The molecule has 0 aliphatic carbocycles. The van der Waals surface area contributed by atoms with Crippen LogP contribution in [0.5, 0.6) is 0 Å². The van der Waals surface area contributed by atoms with Gasteiger partial charge < -0.3 is 14.2 Å². The van der Waals surface area contributed by atoms with E-state index in [0.717, 1.165) is 0 Å². The molecular weight excluding hydrogens is 294 g/mol. The van der Waals surface area contributed by atoms with Gasteiger partial charge in [-0.2, -0.15) is 0 Å². The topological polar surface area (TPSA) is 115 Å². The van der Waals surface area contributed by atoms with Gasteiger partial charge in [0.15, 0.2) is 0 Å². The summed E-state index contributed by atoms with van der Waals surface area (Å²) in [7, 11) is 3.65. The summed E-state index contributed by atoms with van der Waals surface area (Å²) < 4.78 is 13.5. The quantitative estimate of drug-likeness (QED) is 0.739. The molecule has 0 atom stereocenters. The second-order valence-electron chi connectivity index (χ2n) is 4.05. The number of hydrogen-bond acceptors (Lipinski definition) is 6. The first-order valence-electron chi connectivity index (χ1n) is 6.10. The number of hydrogen-bond donors (Lipinski definition) is 3. The Morgan fingerprint density at radius 2 is 1.14 bits per heavy atom. The first-order valence-corrected chi connectivity index (χ1v) is 6.10. The highest BCUT2D eigenvalue weighted by atomic mass is 16.5. The van der Waals surface area contributed by atoms with Crippen molar-refractivity contribution in [3.63, 3.8) is 0 Å². The average Bonchev–Trinajstić information content (AvgIpc) is 2.51. The third kappa shape index (κ3) is 4.54. The van der Waals surface area contributed by atoms with E-state index in [0.29, 0.717) is 22.6 Å². The third-order valence-corrected chi connectivity index (χ3v) is 2.68. The summed E-state index contributed by atoms with van der Waals surface area (Å²) in [5.41, 5.74) is 1.53. The minimum atomic E-state index is -0.697. The molecule has 0 saturated heterocycles. The van der Waals surface area contributed by atoms with Crippen LogP contribution >= 0.6 is 0 Å². The lowest BCUT2D eigenvalue weighted by molar-refractivity contribution is 0.186. The number of anilines is 3. The van der Waals surface area contributed by atoms with Crippen molar-refractivity contribution < 1.29 is 28.6 Å². The van der Waals surface area contributed by atoms with Gasteiger partial charge in [-0.1, -0.05) is 0 Å². The van der Waals surface area contributed by atoms with Crippen molar-refractivity contribution in [3.8, 4) is 0 Å². The molecule has 1 rings (SSSR count). The zero-order chi connectivity index (χ0) is 16.7. The van der Waals surface area contributed by atoms with Crippen molar-refractivity contribution in [3.05, 3.63) is 17.7 Å². The molecule has 120 valence electrons. The normalized spacial score (nSPS) is 9.45. The Balaban J connectivity index is 3.20. The van der Waals surface area contributed by atoms with Crippen molar-refractivity contribution in [2.45, 2.75) is 6.92 Å². The van der Waals surface area contributed by atoms with Crippen molar-refractivity contribution in [1.82, 2.24) is 0 Å². The van der Waals surface area contributed by atoms with Crippen LogP contribution in [0.25, 0.3) is 0 Å². The Morgan fingerprint density at radius 1 is 0.773 bits per heavy atom. The predicted octanol–water partition coefficient (Wildman–Crippen LogP) is 2.53. The van der Waals surface area contributed by atoms with Gasteiger partial charge >= 0.3 is 18.3 Å². The lowest BCUT2D eigenvalue weighted by Gasteiger charge is -2.15. The summed E-state index contributed by atoms with van der Waals surface area (Å²) in [4.78, 5) is 34.0. The molecule has 0 spiro atoms. The maximum atomic E-state index is 11.4. The number of benzene rings is 1. The first kappa shape index (κ1) is 17.1. The number of rotatable bonds is 3. The Hall–Kier alpha value is -2.97. The number of nitrogens with one attached hydrogen (secondary N) is 3. The summed E-state index contributed by atoms with van der Waals surface area (Å²) in [6.07, 6.45) is -2.08. The molecule has 9 nitrogen and oxygen atoms in total. The number of ether oxygens (including phenoxy) is 3. The van der Waals surface area contributed by atoms with E-state index in [1.807, 2.05) is 0 Å². The first-order chi connectivity index (χ1) is 10.4. The smallest absolute Gasteiger partial charge is 0.411 e. The van der Waals surface area contributed by atoms with Crippen molar-refractivity contribution in [2.24, 2.45) is 0 Å². The van der Waals surface area contributed by atoms with E-state index in [4.69, 9.17) is 0 Å². The molecule has 0 saturated carbocycles. The molecule has 0 aromatic heterocycles. The Labute approximate surface area is 126 Å². The zero-order valence-corrected chi connectivity index (χ0v) is 12.6. The predicted molar refractivity (Wildman–Crippen MR) is 79.3 cm³/mol. The highest BCUT2D eigenvalue weighted by molar-refractivity contribution is 5.95. The molecule has 0 bridgehead atoms. The van der Waals surface area contributed by atoms with Crippen LogP contribution < -0.4 is 16.0 Å². The van der Waals surface area contributed by atoms with E-state index < -0.39 is 18.3 Å². The van der Waals surface area contributed by atoms with E-state index >= 15 is 0 Å². The van der Waals surface area contributed by atoms with Gasteiger partial charge in [-0.15, -0.1) is 0 Å². The maximum Gasteiger partial charge on any atom is 0.411 e. The fourth-order valence-electron chi connectivity index (χ4n) is 1.54. The number of methoxy groups -OCH3 is 3. The summed E-state index contributed by atoms with van der Waals surface area (Å²) in [6, 6.07) is 2.98. The monoisotopic (exact) mass is 311 g/mol. The van der Waals surface area contributed by atoms with Crippen LogP contribution in [0, 0.1) is 6.92 Å². The molecule has 0 aliphatic rings. The van der Waals surface area contributed by atoms with Gasteiger partial charge in [-0.25, -0.2) is 14.4 Å². The third-order valence-electron chi connectivity index (χ3n) is 2.68. The van der Waals surface area contributed by atoms with Gasteiger partial charge in [0.05, 0.1) is 32.7 Å². The molecule has 0 fully saturated rings. The van der Waals surface area contributed by atoms with Crippen LogP contribution in [-0.2, 0) is 14.2 Å². The van der Waals surface area contributed by atoms with Gasteiger partial charge in [0.25, 0.3) is 0 Å². The van der Waals surface area contributed by atoms with Crippen molar-refractivity contribution in [2.75, 3.05) is 37.3 Å². The van der Waals surface area contributed by atoms with Crippen molar-refractivity contribution >= 4 is 35.3 Å². The van der Waals surface area contributed by atoms with Gasteiger partial charge in [0.2, 0.25) is 0 Å². The van der Waals surface area contributed by atoms with Gasteiger partial charge in [-0.05, 0) is 24.6 Å². The Bertz CT molecular complexity index is 548. The summed E-state index contributed by atoms with van der Waals surface area (Å²) in [5.74, 6) is 0. The molecule has 22 heavy (non-hydrogen) atoms. The SMILES string of the molecule is COC(=O)Nc1cc(NC(=O)OC)c(C)c(NC(=O)OC)c1. The maximum absolute atomic E-state index is 11.4. The van der Waals surface area contributed by atoms with Crippen LogP contribution in [-0.4, -0.2) is 39.6 Å². The second kappa shape index (κ2) is 7.72. The minimum Gasteiger partial charge on any atom is -0.453 e. The molecule has 0 unspecified atom stereocenters. The van der Waals surface area contributed by atoms with Crippen LogP contribution in [0.1, 0.15) is 5.56 Å². The van der Waals surface area contributed by atoms with Crippen LogP contribution in [0.15, 0.2) is 12.1 Å². The van der Waals surface area contributed by atoms with Crippen LogP contribution in [0.2, 0.25) is 0 Å². The highest BCUT2D eigenvalue weighted by Gasteiger charge is 2.14. The molecule has 0 aliphatic heterocycles. The Kier molecular flexibility index (Phi) is 5.99. The lowest BCUT2D eigenvalue weighted by Crippen LogP contribution is -2.17. The summed E-state index contributed by atoms with van der Waals surface area (Å²) in [5, 5.41) is 7.39. The molecule has 9 heteroatoms. The lowest BCUT2D eigenvalue weighted by atomic mass is 10.1. The summed E-state index contributed by atoms with van der Waals surface area (Å²) in [6.45, 7) is 1.67. The fourth-order valence-corrected chi connectivity index (χ4v) is 1.54. The standard InChI is InChI=1S/C13H17N3O6/c1-7-9(15-12(18)21-3)5-8(14-11(17)20-2)6-10(7)16-13(19)22-4/h5-6H,1-4H3,(H,14,17)(H,15,18)(H,16,19). The minimum absolute atomic E-state index is 0.301. The van der Waals surface area contributed by atoms with E-state index in [1.54, 1.807) is 6.92 Å². The molecule has 1 aromatic rings. The van der Waals surface area contributed by atoms with Crippen molar-refractivity contribution in [1.29, 1.82) is 0 Å². The molecule has 3 N–H and O–H groups in total. The van der Waals surface area contributed by atoms with E-state index in [2.05, 4.69) is 30.2 Å². The van der Waals surface area contributed by atoms with Crippen LogP contribution in [0.4, 0.5) is 31.4 Å². The molecule has 1 aromatic carbocycles. The Morgan fingerprint density at radius 3 is 1.50 bits per heavy atom. The number of carbonyl (C=O) groups excluding carboxylic acids is 3. The number of amides is 3. The van der Waals surface area contributed by atoms with Gasteiger partial charge in [0.1, 0.15) is 0 Å². The molecule has 0 radical (unpaired) electrons. The van der Waals surface area contributed by atoms with Crippen LogP contribution in [0.3, 0.4) is 0 Å². The van der Waals surface area contributed by atoms with E-state index in [-0.39, 0.29) is 0 Å². The summed E-state index contributed by atoms with van der Waals surface area (Å²) >= 11 is 0. The molecular formula is C13H17N3O6. The molecule has 3 amide bonds. The highest BCUT2D eigenvalue weighted by Crippen LogP contribution is 2.29. The number of carbonyl (C=O) groups is 3. The van der Waals surface area contributed by atoms with Gasteiger partial charge in [0, 0.05) is 5.69 Å².